The largest absolute Gasteiger partial charge is 0.228 e. The van der Waals surface area contributed by atoms with Crippen LogP contribution in [0.25, 0.3) is 10.3 Å². The minimum atomic E-state index is -0.246. The fraction of sp³-hybridized carbons (Fsp3) is 0.0833. The summed E-state index contributed by atoms with van der Waals surface area (Å²) >= 11 is 4.57. The first-order valence-electron chi connectivity index (χ1n) is 5.35. The van der Waals surface area contributed by atoms with Crippen LogP contribution in [-0.2, 0) is 0 Å². The van der Waals surface area contributed by atoms with E-state index >= 15 is 0 Å². The number of thiazole rings is 1. The SMILES string of the molecule is CSc1nc2ncnc(Sc3cccc(F)c3)c2s1. The van der Waals surface area contributed by atoms with Gasteiger partial charge in [-0.25, -0.2) is 19.3 Å². The van der Waals surface area contributed by atoms with Crippen molar-refractivity contribution in [3.05, 3.63) is 36.4 Å². The van der Waals surface area contributed by atoms with Crippen molar-refractivity contribution in [2.75, 3.05) is 6.26 Å². The minimum Gasteiger partial charge on any atom is -0.228 e. The van der Waals surface area contributed by atoms with E-state index in [1.807, 2.05) is 12.3 Å². The molecule has 0 atom stereocenters. The van der Waals surface area contributed by atoms with Gasteiger partial charge in [0.15, 0.2) is 9.99 Å². The molecule has 2 heterocycles. The Labute approximate surface area is 121 Å². The van der Waals surface area contributed by atoms with E-state index in [4.69, 9.17) is 0 Å². The molecule has 3 aromatic rings. The molecule has 0 aliphatic heterocycles. The van der Waals surface area contributed by atoms with Crippen molar-refractivity contribution in [1.29, 1.82) is 0 Å². The summed E-state index contributed by atoms with van der Waals surface area (Å²) in [5, 5.41) is 0.813. The second-order valence-electron chi connectivity index (χ2n) is 3.57. The standard InChI is InChI=1S/C12H8FN3S3/c1-17-12-16-10-9(19-12)11(15-6-14-10)18-8-4-2-3-7(13)5-8/h2-6H,1H3. The number of benzene rings is 1. The van der Waals surface area contributed by atoms with Gasteiger partial charge in [0, 0.05) is 4.90 Å². The Morgan fingerprint density at radius 1 is 1.26 bits per heavy atom. The Morgan fingerprint density at radius 2 is 2.16 bits per heavy atom. The van der Waals surface area contributed by atoms with Crippen molar-refractivity contribution >= 4 is 45.2 Å². The normalized spacial score (nSPS) is 11.1. The molecule has 0 fully saturated rings. The first-order valence-corrected chi connectivity index (χ1v) is 8.21. The Kier molecular flexibility index (Phi) is 3.67. The molecular weight excluding hydrogens is 301 g/mol. The van der Waals surface area contributed by atoms with E-state index in [1.165, 1.54) is 30.2 Å². The van der Waals surface area contributed by atoms with Gasteiger partial charge in [0.05, 0.1) is 0 Å². The molecule has 0 spiro atoms. The minimum absolute atomic E-state index is 0.246. The predicted octanol–water partition coefficient (Wildman–Crippen LogP) is 4.10. The van der Waals surface area contributed by atoms with Crippen LogP contribution in [0.3, 0.4) is 0 Å². The summed E-state index contributed by atoms with van der Waals surface area (Å²) < 4.78 is 15.1. The molecular formula is C12H8FN3S3. The highest BCUT2D eigenvalue weighted by molar-refractivity contribution is 8.01. The van der Waals surface area contributed by atoms with Crippen molar-refractivity contribution < 1.29 is 4.39 Å². The Bertz CT molecular complexity index is 729. The molecule has 0 aliphatic carbocycles. The Hall–Kier alpha value is -1.18. The molecule has 96 valence electrons. The van der Waals surface area contributed by atoms with Crippen LogP contribution in [-0.4, -0.2) is 21.2 Å². The van der Waals surface area contributed by atoms with Crippen molar-refractivity contribution in [2.45, 2.75) is 14.3 Å². The van der Waals surface area contributed by atoms with Crippen molar-refractivity contribution in [3.8, 4) is 0 Å². The summed E-state index contributed by atoms with van der Waals surface area (Å²) in [6.07, 6.45) is 3.47. The molecule has 0 saturated carbocycles. The molecule has 0 saturated heterocycles. The van der Waals surface area contributed by atoms with Gasteiger partial charge < -0.3 is 0 Å². The van der Waals surface area contributed by atoms with E-state index in [1.54, 1.807) is 29.2 Å². The molecule has 0 unspecified atom stereocenters. The lowest BCUT2D eigenvalue weighted by Gasteiger charge is -2.00. The maximum absolute atomic E-state index is 13.2. The van der Waals surface area contributed by atoms with Gasteiger partial charge in [-0.3, -0.25) is 0 Å². The lowest BCUT2D eigenvalue weighted by atomic mass is 10.4. The van der Waals surface area contributed by atoms with Crippen LogP contribution in [0.15, 0.2) is 44.9 Å². The summed E-state index contributed by atoms with van der Waals surface area (Å²) in [5.74, 6) is -0.246. The molecule has 0 bridgehead atoms. The molecule has 0 aliphatic rings. The van der Waals surface area contributed by atoms with Gasteiger partial charge in [-0.05, 0) is 24.5 Å². The van der Waals surface area contributed by atoms with Crippen LogP contribution in [0.1, 0.15) is 0 Å². The van der Waals surface area contributed by atoms with Gasteiger partial charge >= 0.3 is 0 Å². The van der Waals surface area contributed by atoms with Crippen molar-refractivity contribution in [3.63, 3.8) is 0 Å². The van der Waals surface area contributed by atoms with Gasteiger partial charge in [0.25, 0.3) is 0 Å². The van der Waals surface area contributed by atoms with E-state index in [2.05, 4.69) is 15.0 Å². The van der Waals surface area contributed by atoms with E-state index in [0.717, 1.165) is 19.0 Å². The average Bonchev–Trinajstić information content (AvgIpc) is 2.83. The number of halogens is 1. The molecule has 0 N–H and O–H groups in total. The maximum atomic E-state index is 13.2. The van der Waals surface area contributed by atoms with Gasteiger partial charge in [-0.15, -0.1) is 11.3 Å². The number of thioether (sulfide) groups is 1. The first-order chi connectivity index (χ1) is 9.26. The first kappa shape index (κ1) is 12.8. The zero-order valence-electron chi connectivity index (χ0n) is 9.83. The van der Waals surface area contributed by atoms with Gasteiger partial charge in [0.2, 0.25) is 0 Å². The zero-order chi connectivity index (χ0) is 13.2. The molecule has 0 amide bonds. The molecule has 3 nitrogen and oxygen atoms in total. The fourth-order valence-corrected chi connectivity index (χ4v) is 3.99. The number of fused-ring (bicyclic) bond motifs is 1. The second-order valence-corrected chi connectivity index (χ2v) is 6.69. The third-order valence-corrected chi connectivity index (χ3v) is 5.48. The predicted molar refractivity (Wildman–Crippen MR) is 77.5 cm³/mol. The highest BCUT2D eigenvalue weighted by atomic mass is 32.2. The monoisotopic (exact) mass is 309 g/mol. The lowest BCUT2D eigenvalue weighted by molar-refractivity contribution is 0.624. The topological polar surface area (TPSA) is 38.7 Å². The van der Waals surface area contributed by atoms with Gasteiger partial charge in [0.1, 0.15) is 21.9 Å². The quantitative estimate of drug-likeness (QED) is 0.538. The number of nitrogens with zero attached hydrogens (tertiary/aromatic N) is 3. The van der Waals surface area contributed by atoms with Crippen LogP contribution in [0.2, 0.25) is 0 Å². The van der Waals surface area contributed by atoms with E-state index in [0.29, 0.717) is 5.65 Å². The molecule has 19 heavy (non-hydrogen) atoms. The third kappa shape index (κ3) is 2.72. The summed E-state index contributed by atoms with van der Waals surface area (Å²) in [7, 11) is 0. The summed E-state index contributed by atoms with van der Waals surface area (Å²) in [6.45, 7) is 0. The maximum Gasteiger partial charge on any atom is 0.175 e. The second kappa shape index (κ2) is 5.44. The van der Waals surface area contributed by atoms with Gasteiger partial charge in [-0.2, -0.15) is 0 Å². The highest BCUT2D eigenvalue weighted by Gasteiger charge is 2.11. The highest BCUT2D eigenvalue weighted by Crippen LogP contribution is 2.36. The molecule has 2 aromatic heterocycles. The van der Waals surface area contributed by atoms with Gasteiger partial charge in [-0.1, -0.05) is 29.6 Å². The molecule has 0 radical (unpaired) electrons. The molecule has 1 aromatic carbocycles. The number of hydrogen-bond donors (Lipinski definition) is 0. The van der Waals surface area contributed by atoms with Crippen molar-refractivity contribution in [2.24, 2.45) is 0 Å². The van der Waals surface area contributed by atoms with E-state index in [-0.39, 0.29) is 5.82 Å². The van der Waals surface area contributed by atoms with E-state index < -0.39 is 0 Å². The smallest absolute Gasteiger partial charge is 0.175 e. The Morgan fingerprint density at radius 3 is 2.95 bits per heavy atom. The van der Waals surface area contributed by atoms with E-state index in [9.17, 15) is 4.39 Å². The lowest BCUT2D eigenvalue weighted by Crippen LogP contribution is -1.84. The molecule has 3 rings (SSSR count). The summed E-state index contributed by atoms with van der Waals surface area (Å²) in [6, 6.07) is 6.47. The fourth-order valence-electron chi connectivity index (χ4n) is 1.52. The summed E-state index contributed by atoms with van der Waals surface area (Å²) in [5.41, 5.74) is 0.697. The van der Waals surface area contributed by atoms with Crippen LogP contribution < -0.4 is 0 Å². The average molecular weight is 309 g/mol. The van der Waals surface area contributed by atoms with Crippen LogP contribution in [0.4, 0.5) is 4.39 Å². The number of aromatic nitrogens is 3. The third-order valence-electron chi connectivity index (χ3n) is 2.32. The Balaban J connectivity index is 2.02. The van der Waals surface area contributed by atoms with Crippen LogP contribution in [0.5, 0.6) is 0 Å². The zero-order valence-corrected chi connectivity index (χ0v) is 12.3. The summed E-state index contributed by atoms with van der Waals surface area (Å²) in [4.78, 5) is 13.6. The molecule has 7 heteroatoms. The van der Waals surface area contributed by atoms with Crippen molar-refractivity contribution in [1.82, 2.24) is 15.0 Å². The number of hydrogen-bond acceptors (Lipinski definition) is 6. The van der Waals surface area contributed by atoms with Crippen LogP contribution >= 0.6 is 34.9 Å². The number of rotatable bonds is 3. The van der Waals surface area contributed by atoms with Crippen LogP contribution in [0, 0.1) is 5.82 Å².